The fourth-order valence-electron chi connectivity index (χ4n) is 1.42. The van der Waals surface area contributed by atoms with Crippen LogP contribution in [0.2, 0.25) is 0 Å². The van der Waals surface area contributed by atoms with Crippen LogP contribution in [0.1, 0.15) is 6.42 Å². The van der Waals surface area contributed by atoms with Gasteiger partial charge in [-0.2, -0.15) is 5.10 Å². The third-order valence-corrected chi connectivity index (χ3v) is 2.13. The Kier molecular flexibility index (Phi) is 2.37. The molecule has 14 heavy (non-hydrogen) atoms. The van der Waals surface area contributed by atoms with Crippen molar-refractivity contribution >= 4 is 10.9 Å². The molecule has 0 radical (unpaired) electrons. The number of nitrogens with two attached hydrogens (primary N) is 1. The van der Waals surface area contributed by atoms with Gasteiger partial charge in [-0.3, -0.25) is 4.68 Å². The third-order valence-electron chi connectivity index (χ3n) is 2.13. The van der Waals surface area contributed by atoms with Crippen LogP contribution < -0.4 is 5.73 Å². The van der Waals surface area contributed by atoms with Crippen LogP contribution in [0, 0.1) is 0 Å². The number of hydrogen-bond acceptors (Lipinski definition) is 3. The molecule has 0 atom stereocenters. The van der Waals surface area contributed by atoms with Crippen LogP contribution in [0.5, 0.6) is 5.75 Å². The highest BCUT2D eigenvalue weighted by Crippen LogP contribution is 2.18. The number of fused-ring (bicyclic) bond motifs is 1. The summed E-state index contributed by atoms with van der Waals surface area (Å²) in [5, 5.41) is 14.6. The van der Waals surface area contributed by atoms with E-state index in [1.54, 1.807) is 12.1 Å². The molecule has 1 aromatic heterocycles. The smallest absolute Gasteiger partial charge is 0.117 e. The molecule has 0 aliphatic rings. The molecule has 2 rings (SSSR count). The molecule has 2 aromatic rings. The van der Waals surface area contributed by atoms with Crippen molar-refractivity contribution in [2.75, 3.05) is 6.54 Å². The van der Waals surface area contributed by atoms with Gasteiger partial charge in [0.05, 0.1) is 5.52 Å². The Balaban J connectivity index is 2.32. The summed E-state index contributed by atoms with van der Waals surface area (Å²) in [6.07, 6.45) is 2.88. The standard InChI is InChI=1S/C10H13N3O/c11-4-1-5-13-7-8-2-3-9(14)6-10(8)12-13/h2-3,6-7,14H,1,4-5,11H2. The van der Waals surface area contributed by atoms with Crippen LogP contribution in [0.3, 0.4) is 0 Å². The zero-order valence-electron chi connectivity index (χ0n) is 7.85. The van der Waals surface area contributed by atoms with Gasteiger partial charge in [0, 0.05) is 24.2 Å². The van der Waals surface area contributed by atoms with Gasteiger partial charge in [-0.1, -0.05) is 0 Å². The van der Waals surface area contributed by atoms with Crippen molar-refractivity contribution in [1.29, 1.82) is 0 Å². The highest BCUT2D eigenvalue weighted by molar-refractivity contribution is 5.79. The molecule has 4 nitrogen and oxygen atoms in total. The molecule has 0 fully saturated rings. The van der Waals surface area contributed by atoms with E-state index in [1.807, 2.05) is 16.9 Å². The van der Waals surface area contributed by atoms with Gasteiger partial charge < -0.3 is 10.8 Å². The van der Waals surface area contributed by atoms with Crippen molar-refractivity contribution in [3.8, 4) is 5.75 Å². The normalized spacial score (nSPS) is 10.9. The number of phenols is 1. The van der Waals surface area contributed by atoms with E-state index in [2.05, 4.69) is 5.10 Å². The van der Waals surface area contributed by atoms with Crippen molar-refractivity contribution in [2.24, 2.45) is 5.73 Å². The van der Waals surface area contributed by atoms with E-state index in [-0.39, 0.29) is 5.75 Å². The molecular weight excluding hydrogens is 178 g/mol. The summed E-state index contributed by atoms with van der Waals surface area (Å²) in [5.74, 6) is 0.251. The number of aryl methyl sites for hydroxylation is 1. The van der Waals surface area contributed by atoms with Gasteiger partial charge in [0.15, 0.2) is 0 Å². The number of rotatable bonds is 3. The molecule has 1 heterocycles. The number of hydrogen-bond donors (Lipinski definition) is 2. The second-order valence-electron chi connectivity index (χ2n) is 3.28. The fourth-order valence-corrected chi connectivity index (χ4v) is 1.42. The van der Waals surface area contributed by atoms with Gasteiger partial charge in [-0.15, -0.1) is 0 Å². The molecular formula is C10H13N3O. The number of benzene rings is 1. The van der Waals surface area contributed by atoms with Crippen LogP contribution in [0.4, 0.5) is 0 Å². The summed E-state index contributed by atoms with van der Waals surface area (Å²) >= 11 is 0. The Bertz CT molecular complexity index is 436. The van der Waals surface area contributed by atoms with Crippen molar-refractivity contribution in [3.05, 3.63) is 24.4 Å². The van der Waals surface area contributed by atoms with Crippen LogP contribution in [-0.4, -0.2) is 21.4 Å². The first-order chi connectivity index (χ1) is 6.79. The Morgan fingerprint density at radius 2 is 2.29 bits per heavy atom. The van der Waals surface area contributed by atoms with E-state index in [0.717, 1.165) is 23.9 Å². The number of aromatic hydroxyl groups is 1. The van der Waals surface area contributed by atoms with Gasteiger partial charge in [0.1, 0.15) is 5.75 Å². The summed E-state index contributed by atoms with van der Waals surface area (Å²) in [6.45, 7) is 1.49. The maximum Gasteiger partial charge on any atom is 0.117 e. The minimum Gasteiger partial charge on any atom is -0.508 e. The molecule has 74 valence electrons. The zero-order valence-corrected chi connectivity index (χ0v) is 7.85. The largest absolute Gasteiger partial charge is 0.508 e. The molecule has 0 saturated carbocycles. The summed E-state index contributed by atoms with van der Waals surface area (Å²) in [7, 11) is 0. The van der Waals surface area contributed by atoms with Crippen molar-refractivity contribution in [3.63, 3.8) is 0 Å². The molecule has 0 amide bonds. The first kappa shape index (κ1) is 9.02. The maximum atomic E-state index is 9.25. The number of aromatic nitrogens is 2. The lowest BCUT2D eigenvalue weighted by molar-refractivity contribution is 0.476. The lowest BCUT2D eigenvalue weighted by Crippen LogP contribution is -2.05. The first-order valence-electron chi connectivity index (χ1n) is 4.66. The maximum absolute atomic E-state index is 9.25. The zero-order chi connectivity index (χ0) is 9.97. The minimum atomic E-state index is 0.251. The van der Waals surface area contributed by atoms with E-state index in [9.17, 15) is 5.11 Å². The Labute approximate surface area is 81.9 Å². The quantitative estimate of drug-likeness (QED) is 0.763. The highest BCUT2D eigenvalue weighted by Gasteiger charge is 2.00. The lowest BCUT2D eigenvalue weighted by Gasteiger charge is -1.96. The third kappa shape index (κ3) is 1.70. The highest BCUT2D eigenvalue weighted by atomic mass is 16.3. The molecule has 3 N–H and O–H groups in total. The van der Waals surface area contributed by atoms with Gasteiger partial charge >= 0.3 is 0 Å². The predicted molar refractivity (Wildman–Crippen MR) is 55.1 cm³/mol. The van der Waals surface area contributed by atoms with Crippen molar-refractivity contribution in [2.45, 2.75) is 13.0 Å². The molecule has 1 aromatic carbocycles. The van der Waals surface area contributed by atoms with Gasteiger partial charge in [-0.05, 0) is 25.1 Å². The van der Waals surface area contributed by atoms with E-state index >= 15 is 0 Å². The number of phenolic OH excluding ortho intramolecular Hbond substituents is 1. The Hall–Kier alpha value is -1.55. The van der Waals surface area contributed by atoms with Gasteiger partial charge in [0.2, 0.25) is 0 Å². The van der Waals surface area contributed by atoms with Crippen LogP contribution in [0.25, 0.3) is 10.9 Å². The van der Waals surface area contributed by atoms with E-state index in [0.29, 0.717) is 6.54 Å². The van der Waals surface area contributed by atoms with Crippen molar-refractivity contribution in [1.82, 2.24) is 9.78 Å². The summed E-state index contributed by atoms with van der Waals surface area (Å²) in [4.78, 5) is 0. The molecule has 0 aliphatic heterocycles. The van der Waals surface area contributed by atoms with E-state index in [4.69, 9.17) is 5.73 Å². The van der Waals surface area contributed by atoms with Crippen LogP contribution >= 0.6 is 0 Å². The fraction of sp³-hybridized carbons (Fsp3) is 0.300. The molecule has 0 spiro atoms. The molecule has 0 bridgehead atoms. The average Bonchev–Trinajstić information content (AvgIpc) is 2.56. The van der Waals surface area contributed by atoms with Crippen LogP contribution in [0.15, 0.2) is 24.4 Å². The minimum absolute atomic E-state index is 0.251. The lowest BCUT2D eigenvalue weighted by atomic mass is 10.2. The summed E-state index contributed by atoms with van der Waals surface area (Å²) in [5.41, 5.74) is 6.23. The van der Waals surface area contributed by atoms with Gasteiger partial charge in [0.25, 0.3) is 0 Å². The first-order valence-corrected chi connectivity index (χ1v) is 4.66. The summed E-state index contributed by atoms with van der Waals surface area (Å²) < 4.78 is 1.86. The monoisotopic (exact) mass is 191 g/mol. The second kappa shape index (κ2) is 3.67. The summed E-state index contributed by atoms with van der Waals surface area (Å²) in [6, 6.07) is 5.18. The predicted octanol–water partition coefficient (Wildman–Crippen LogP) is 1.09. The molecule has 0 saturated heterocycles. The van der Waals surface area contributed by atoms with Crippen LogP contribution in [-0.2, 0) is 6.54 Å². The molecule has 0 aliphatic carbocycles. The molecule has 4 heteroatoms. The molecule has 0 unspecified atom stereocenters. The van der Waals surface area contributed by atoms with E-state index in [1.165, 1.54) is 0 Å². The number of nitrogens with zero attached hydrogens (tertiary/aromatic N) is 2. The SMILES string of the molecule is NCCCn1cc2ccc(O)cc2n1. The Morgan fingerprint density at radius 1 is 1.43 bits per heavy atom. The van der Waals surface area contributed by atoms with Crippen molar-refractivity contribution < 1.29 is 5.11 Å². The topological polar surface area (TPSA) is 64.1 Å². The average molecular weight is 191 g/mol. The second-order valence-corrected chi connectivity index (χ2v) is 3.28. The van der Waals surface area contributed by atoms with E-state index < -0.39 is 0 Å². The van der Waals surface area contributed by atoms with Gasteiger partial charge in [-0.25, -0.2) is 0 Å². The Morgan fingerprint density at radius 3 is 3.07 bits per heavy atom.